The highest BCUT2D eigenvalue weighted by Crippen LogP contribution is 2.32. The molecule has 5 heteroatoms. The largest absolute Gasteiger partial charge is 0.468 e. The summed E-state index contributed by atoms with van der Waals surface area (Å²) in [4.78, 5) is 36.7. The molecule has 3 rings (SSSR count). The predicted octanol–water partition coefficient (Wildman–Crippen LogP) is 1.23. The molecule has 2 aliphatic rings. The van der Waals surface area contributed by atoms with Crippen LogP contribution < -0.4 is 5.32 Å². The smallest absolute Gasteiger partial charge is 0.317 e. The minimum Gasteiger partial charge on any atom is -0.468 e. The van der Waals surface area contributed by atoms with E-state index >= 15 is 0 Å². The van der Waals surface area contributed by atoms with Crippen LogP contribution >= 0.6 is 0 Å². The zero-order valence-corrected chi connectivity index (χ0v) is 10.7. The van der Waals surface area contributed by atoms with Gasteiger partial charge in [-0.25, -0.2) is 0 Å². The summed E-state index contributed by atoms with van der Waals surface area (Å²) in [5, 5.41) is 2.77. The van der Waals surface area contributed by atoms with E-state index in [1.807, 2.05) is 0 Å². The minimum absolute atomic E-state index is 0.156. The number of carbonyl (C=O) groups excluding carboxylic acids is 3. The number of carbonyl (C=O) groups is 3. The summed E-state index contributed by atoms with van der Waals surface area (Å²) in [7, 11) is 1.25. The number of nitrogens with one attached hydrogen (secondary N) is 1. The molecule has 0 aromatic heterocycles. The van der Waals surface area contributed by atoms with E-state index in [2.05, 4.69) is 5.32 Å². The van der Waals surface area contributed by atoms with Crippen LogP contribution in [0.15, 0.2) is 47.8 Å². The Kier molecular flexibility index (Phi) is 2.75. The zero-order chi connectivity index (χ0) is 14.3. The van der Waals surface area contributed by atoms with Gasteiger partial charge in [0.25, 0.3) is 0 Å². The molecule has 0 fully saturated rings. The summed E-state index contributed by atoms with van der Waals surface area (Å²) < 4.78 is 4.69. The Balaban J connectivity index is 2.18. The van der Waals surface area contributed by atoms with Crippen LogP contribution in [0.2, 0.25) is 0 Å². The first-order valence-corrected chi connectivity index (χ1v) is 6.08. The lowest BCUT2D eigenvalue weighted by molar-refractivity contribution is -0.142. The summed E-state index contributed by atoms with van der Waals surface area (Å²) in [6.45, 7) is 0. The molecule has 100 valence electrons. The quantitative estimate of drug-likeness (QED) is 0.776. The minimum atomic E-state index is -0.846. The number of hydrogen-bond acceptors (Lipinski definition) is 5. The first-order chi connectivity index (χ1) is 9.65. The van der Waals surface area contributed by atoms with Crippen molar-refractivity contribution < 1.29 is 19.1 Å². The van der Waals surface area contributed by atoms with Crippen molar-refractivity contribution in [1.82, 2.24) is 5.32 Å². The lowest BCUT2D eigenvalue weighted by Gasteiger charge is -2.26. The number of methoxy groups -OCH3 is 1. The molecule has 0 spiro atoms. The number of dihydropyridines is 1. The molecule has 1 aromatic carbocycles. The molecule has 0 amide bonds. The third-order valence-corrected chi connectivity index (χ3v) is 3.44. The molecule has 1 unspecified atom stereocenters. The summed E-state index contributed by atoms with van der Waals surface area (Å²) >= 11 is 0. The van der Waals surface area contributed by atoms with Gasteiger partial charge in [-0.05, 0) is 12.3 Å². The van der Waals surface area contributed by atoms with Crippen LogP contribution in [0, 0.1) is 5.92 Å². The molecule has 1 heterocycles. The molecule has 0 saturated carbocycles. The van der Waals surface area contributed by atoms with Gasteiger partial charge in [0.1, 0.15) is 5.92 Å². The van der Waals surface area contributed by atoms with E-state index in [9.17, 15) is 14.4 Å². The Bertz CT molecular complexity index is 700. The molecular formula is C15H11NO4. The topological polar surface area (TPSA) is 72.5 Å². The van der Waals surface area contributed by atoms with E-state index in [0.29, 0.717) is 11.1 Å². The standard InChI is InChI=1S/C15H11NO4/c1-20-15(19)10-6-7-16-12-11(10)13(17)8-4-2-3-5-9(8)14(12)18/h2-7,10,16H,1H3. The fourth-order valence-corrected chi connectivity index (χ4v) is 2.48. The van der Waals surface area contributed by atoms with E-state index in [-0.39, 0.29) is 22.8 Å². The van der Waals surface area contributed by atoms with Gasteiger partial charge in [0.05, 0.1) is 12.8 Å². The third-order valence-electron chi connectivity index (χ3n) is 3.44. The van der Waals surface area contributed by atoms with E-state index < -0.39 is 11.9 Å². The number of rotatable bonds is 1. The van der Waals surface area contributed by atoms with Gasteiger partial charge in [0.15, 0.2) is 5.78 Å². The van der Waals surface area contributed by atoms with Gasteiger partial charge in [0.2, 0.25) is 5.78 Å². The number of hydrogen-bond donors (Lipinski definition) is 1. The molecule has 1 aromatic rings. The summed E-state index contributed by atoms with van der Waals surface area (Å²) in [5.41, 5.74) is 0.986. The van der Waals surface area contributed by atoms with Crippen molar-refractivity contribution >= 4 is 17.5 Å². The SMILES string of the molecule is COC(=O)C1C=CNC2=C1C(=O)c1ccccc1C2=O. The van der Waals surface area contributed by atoms with Crippen LogP contribution in [0.3, 0.4) is 0 Å². The molecule has 5 nitrogen and oxygen atoms in total. The van der Waals surface area contributed by atoms with Crippen molar-refractivity contribution in [2.24, 2.45) is 5.92 Å². The number of Topliss-reactive ketones (excluding diaryl/α,β-unsaturated/α-hetero) is 2. The molecule has 1 aliphatic heterocycles. The fourth-order valence-electron chi connectivity index (χ4n) is 2.48. The Morgan fingerprint density at radius 1 is 1.15 bits per heavy atom. The van der Waals surface area contributed by atoms with Gasteiger partial charge < -0.3 is 10.1 Å². The van der Waals surface area contributed by atoms with Crippen LogP contribution in [0.5, 0.6) is 0 Å². The Morgan fingerprint density at radius 2 is 1.80 bits per heavy atom. The van der Waals surface area contributed by atoms with Crippen LogP contribution in [0.1, 0.15) is 20.7 Å². The summed E-state index contributed by atoms with van der Waals surface area (Å²) in [6.07, 6.45) is 3.00. The first-order valence-electron chi connectivity index (χ1n) is 6.08. The van der Waals surface area contributed by atoms with E-state index in [0.717, 1.165) is 0 Å². The van der Waals surface area contributed by atoms with Gasteiger partial charge >= 0.3 is 5.97 Å². The number of ketones is 2. The van der Waals surface area contributed by atoms with Gasteiger partial charge in [-0.1, -0.05) is 24.3 Å². The van der Waals surface area contributed by atoms with Crippen molar-refractivity contribution in [2.45, 2.75) is 0 Å². The molecule has 0 saturated heterocycles. The number of allylic oxidation sites excluding steroid dienone is 1. The van der Waals surface area contributed by atoms with E-state index in [1.54, 1.807) is 24.3 Å². The Hall–Kier alpha value is -2.69. The maximum absolute atomic E-state index is 12.5. The van der Waals surface area contributed by atoms with Gasteiger partial charge in [-0.15, -0.1) is 0 Å². The van der Waals surface area contributed by atoms with Crippen molar-refractivity contribution in [1.29, 1.82) is 0 Å². The zero-order valence-electron chi connectivity index (χ0n) is 10.7. The molecule has 0 bridgehead atoms. The van der Waals surface area contributed by atoms with Gasteiger partial charge in [-0.2, -0.15) is 0 Å². The van der Waals surface area contributed by atoms with Gasteiger partial charge in [0, 0.05) is 16.7 Å². The monoisotopic (exact) mass is 269 g/mol. The Labute approximate surface area is 114 Å². The highest BCUT2D eigenvalue weighted by atomic mass is 16.5. The lowest BCUT2D eigenvalue weighted by Crippen LogP contribution is -2.36. The lowest BCUT2D eigenvalue weighted by atomic mass is 9.80. The second-order valence-electron chi connectivity index (χ2n) is 4.50. The Morgan fingerprint density at radius 3 is 2.45 bits per heavy atom. The number of fused-ring (bicyclic) bond motifs is 1. The molecule has 1 atom stereocenters. The second kappa shape index (κ2) is 4.45. The second-order valence-corrected chi connectivity index (χ2v) is 4.50. The number of benzene rings is 1. The molecule has 0 radical (unpaired) electrons. The average Bonchev–Trinajstić information content (AvgIpc) is 2.51. The van der Waals surface area contributed by atoms with Crippen LogP contribution in [0.4, 0.5) is 0 Å². The number of esters is 1. The predicted molar refractivity (Wildman–Crippen MR) is 69.9 cm³/mol. The third kappa shape index (κ3) is 1.60. The fraction of sp³-hybridized carbons (Fsp3) is 0.133. The highest BCUT2D eigenvalue weighted by molar-refractivity contribution is 6.28. The van der Waals surface area contributed by atoms with Crippen molar-refractivity contribution in [3.8, 4) is 0 Å². The first kappa shape index (κ1) is 12.3. The maximum Gasteiger partial charge on any atom is 0.317 e. The average molecular weight is 269 g/mol. The van der Waals surface area contributed by atoms with Crippen LogP contribution in [-0.4, -0.2) is 24.6 Å². The van der Waals surface area contributed by atoms with Gasteiger partial charge in [-0.3, -0.25) is 14.4 Å². The normalized spacial score (nSPS) is 20.1. The molecule has 20 heavy (non-hydrogen) atoms. The van der Waals surface area contributed by atoms with Crippen molar-refractivity contribution in [3.63, 3.8) is 0 Å². The number of ether oxygens (including phenoxy) is 1. The highest BCUT2D eigenvalue weighted by Gasteiger charge is 2.39. The summed E-state index contributed by atoms with van der Waals surface area (Å²) in [6, 6.07) is 6.58. The molecule has 1 aliphatic carbocycles. The molecular weight excluding hydrogens is 258 g/mol. The van der Waals surface area contributed by atoms with Crippen molar-refractivity contribution in [3.05, 3.63) is 58.9 Å². The van der Waals surface area contributed by atoms with Crippen molar-refractivity contribution in [2.75, 3.05) is 7.11 Å². The molecule has 1 N–H and O–H groups in total. The maximum atomic E-state index is 12.5. The van der Waals surface area contributed by atoms with Crippen LogP contribution in [0.25, 0.3) is 0 Å². The van der Waals surface area contributed by atoms with E-state index in [1.165, 1.54) is 19.4 Å². The van der Waals surface area contributed by atoms with Crippen LogP contribution in [-0.2, 0) is 9.53 Å². The van der Waals surface area contributed by atoms with E-state index in [4.69, 9.17) is 4.74 Å². The summed E-state index contributed by atoms with van der Waals surface area (Å²) in [5.74, 6) is -2.01.